The number of aromatic nitrogens is 1. The predicted octanol–water partition coefficient (Wildman–Crippen LogP) is 8.47. The summed E-state index contributed by atoms with van der Waals surface area (Å²) in [5.74, 6) is -2.22. The smallest absolute Gasteiger partial charge is 0.328 e. The van der Waals surface area contributed by atoms with Crippen LogP contribution in [0.5, 0.6) is 0 Å². The highest BCUT2D eigenvalue weighted by molar-refractivity contribution is 8.04. The SMILES string of the molecule is C=C(C(=O)NCCCCN1C(=Cc2sc3ccc(Cl)cc3[n+]2CCCS(=O)(=O)O)Sc2ccc(Cl)cc21)N(c1ccc(C=O)cc1)C(C)C(=O)OCCS(=O)(=O)c1ccc(Cl)cc1. The maximum absolute atomic E-state index is 13.6. The molecule has 0 saturated carbocycles. The number of hydrogen-bond donors (Lipinski definition) is 2. The Labute approximate surface area is 388 Å². The number of nitrogens with one attached hydrogen (secondary N) is 1. The summed E-state index contributed by atoms with van der Waals surface area (Å²) in [5.41, 5.74) is 2.43. The standard InChI is InChI=1S/C43H41Cl3N4O9S4/c1-28(50(34-12-6-30(27-51)7-13-34)29(2)43(53)59-21-23-62(54,55)35-14-8-31(44)9-15-35)42(52)47-18-3-4-19-48-36-24-32(45)10-16-38(36)60-40(48)26-41-49(20-5-22-63(56,57)58)37-25-33(46)11-17-39(37)61-41/h6-17,24-27,29H,1,3-5,18-23H2,2H3,(H-,47,52,56,57,58)/p+1. The van der Waals surface area contributed by atoms with Gasteiger partial charge in [0.1, 0.15) is 29.3 Å². The first kappa shape index (κ1) is 48.0. The number of esters is 1. The van der Waals surface area contributed by atoms with Gasteiger partial charge in [0.15, 0.2) is 16.4 Å². The number of ether oxygens (including phenoxy) is 1. The van der Waals surface area contributed by atoms with Crippen molar-refractivity contribution in [2.75, 3.05) is 41.0 Å². The first-order valence-electron chi connectivity index (χ1n) is 19.4. The zero-order chi connectivity index (χ0) is 45.5. The van der Waals surface area contributed by atoms with Crippen molar-refractivity contribution in [3.05, 3.63) is 128 Å². The molecule has 1 aliphatic rings. The minimum Gasteiger partial charge on any atom is -0.463 e. The van der Waals surface area contributed by atoms with Gasteiger partial charge in [-0.05, 0) is 98.6 Å². The molecule has 63 heavy (non-hydrogen) atoms. The lowest BCUT2D eigenvalue weighted by Gasteiger charge is -2.31. The summed E-state index contributed by atoms with van der Waals surface area (Å²) in [5, 5.41) is 6.12. The number of unbranched alkanes of at least 4 members (excludes halogenated alkanes) is 1. The van der Waals surface area contributed by atoms with Gasteiger partial charge in [-0.2, -0.15) is 13.0 Å². The van der Waals surface area contributed by atoms with E-state index in [0.29, 0.717) is 58.5 Å². The second-order valence-corrected chi connectivity index (χ2v) is 21.4. The topological polar surface area (TPSA) is 171 Å². The van der Waals surface area contributed by atoms with Gasteiger partial charge in [0.25, 0.3) is 21.0 Å². The average Bonchev–Trinajstić information content (AvgIpc) is 3.75. The van der Waals surface area contributed by atoms with E-state index in [1.54, 1.807) is 30.0 Å². The first-order valence-corrected chi connectivity index (χ1v) is 25.5. The van der Waals surface area contributed by atoms with Crippen molar-refractivity contribution in [2.24, 2.45) is 0 Å². The van der Waals surface area contributed by atoms with Gasteiger partial charge in [0.2, 0.25) is 5.52 Å². The van der Waals surface area contributed by atoms with E-state index in [2.05, 4.69) is 16.8 Å². The summed E-state index contributed by atoms with van der Waals surface area (Å²) in [6.07, 6.45) is 4.07. The van der Waals surface area contributed by atoms with Crippen molar-refractivity contribution >= 4 is 124 Å². The summed E-state index contributed by atoms with van der Waals surface area (Å²) in [4.78, 5) is 42.9. The fourth-order valence-corrected chi connectivity index (χ4v) is 11.0. The maximum Gasteiger partial charge on any atom is 0.328 e. The Hall–Kier alpha value is -4.46. The second-order valence-electron chi connectivity index (χ2n) is 14.3. The van der Waals surface area contributed by atoms with Gasteiger partial charge in [0.05, 0.1) is 33.2 Å². The average molecular weight is 993 g/mol. The molecule has 2 heterocycles. The molecule has 0 saturated heterocycles. The van der Waals surface area contributed by atoms with E-state index in [1.807, 2.05) is 41.0 Å². The molecule has 0 radical (unpaired) electrons. The number of benzene rings is 4. The minimum absolute atomic E-state index is 0.0308. The third-order valence-electron chi connectivity index (χ3n) is 9.87. The molecule has 1 aromatic heterocycles. The number of rotatable bonds is 20. The van der Waals surface area contributed by atoms with E-state index in [1.165, 1.54) is 59.6 Å². The van der Waals surface area contributed by atoms with Crippen molar-refractivity contribution in [3.63, 3.8) is 0 Å². The van der Waals surface area contributed by atoms with Crippen LogP contribution in [0.3, 0.4) is 0 Å². The number of fused-ring (bicyclic) bond motifs is 2. The van der Waals surface area contributed by atoms with Crippen molar-refractivity contribution in [3.8, 4) is 0 Å². The molecule has 332 valence electrons. The second kappa shape index (κ2) is 21.0. The number of anilines is 2. The molecule has 1 aliphatic heterocycles. The van der Waals surface area contributed by atoms with E-state index >= 15 is 0 Å². The molecule has 1 amide bonds. The van der Waals surface area contributed by atoms with E-state index in [9.17, 15) is 35.8 Å². The third-order valence-corrected chi connectivity index (χ3v) is 15.3. The molecule has 13 nitrogen and oxygen atoms in total. The monoisotopic (exact) mass is 991 g/mol. The molecule has 0 spiro atoms. The van der Waals surface area contributed by atoms with Gasteiger partial charge < -0.3 is 19.9 Å². The number of thioether (sulfide) groups is 1. The van der Waals surface area contributed by atoms with Crippen LogP contribution >= 0.6 is 57.9 Å². The van der Waals surface area contributed by atoms with Gasteiger partial charge in [-0.15, -0.1) is 0 Å². The number of thiazole rings is 1. The van der Waals surface area contributed by atoms with E-state index in [0.717, 1.165) is 30.8 Å². The zero-order valence-electron chi connectivity index (χ0n) is 33.7. The Morgan fingerprint density at radius 1 is 0.921 bits per heavy atom. The van der Waals surface area contributed by atoms with Crippen LogP contribution in [0.2, 0.25) is 15.1 Å². The van der Waals surface area contributed by atoms with E-state index < -0.39 is 50.2 Å². The van der Waals surface area contributed by atoms with Crippen molar-refractivity contribution in [2.45, 2.75) is 48.6 Å². The van der Waals surface area contributed by atoms with Crippen LogP contribution in [0.15, 0.2) is 112 Å². The molecular formula is C43H42Cl3N4O9S4+. The lowest BCUT2D eigenvalue weighted by atomic mass is 10.1. The lowest BCUT2D eigenvalue weighted by molar-refractivity contribution is -0.668. The first-order chi connectivity index (χ1) is 29.9. The van der Waals surface area contributed by atoms with Gasteiger partial charge in [-0.3, -0.25) is 14.1 Å². The Morgan fingerprint density at radius 3 is 2.30 bits per heavy atom. The fraction of sp³-hybridized carbons (Fsp3) is 0.256. The highest BCUT2D eigenvalue weighted by Crippen LogP contribution is 2.48. The number of aldehydes is 1. The van der Waals surface area contributed by atoms with Crippen LogP contribution < -0.4 is 19.7 Å². The fourth-order valence-electron chi connectivity index (χ4n) is 6.71. The molecule has 6 rings (SSSR count). The third kappa shape index (κ3) is 12.4. The normalized spacial score (nSPS) is 13.8. The number of amides is 1. The summed E-state index contributed by atoms with van der Waals surface area (Å²) in [6.45, 7) is 6.18. The lowest BCUT2D eigenvalue weighted by Crippen LogP contribution is -2.44. The van der Waals surface area contributed by atoms with Gasteiger partial charge in [-0.25, -0.2) is 13.2 Å². The Kier molecular flexibility index (Phi) is 16.0. The van der Waals surface area contributed by atoms with Crippen LogP contribution in [0.1, 0.15) is 41.6 Å². The molecule has 0 aliphatic carbocycles. The summed E-state index contributed by atoms with van der Waals surface area (Å²) >= 11 is 21.8. The van der Waals surface area contributed by atoms with E-state index in [-0.39, 0.29) is 29.3 Å². The summed E-state index contributed by atoms with van der Waals surface area (Å²) in [6, 6.07) is 21.9. The molecule has 20 heteroatoms. The quantitative estimate of drug-likeness (QED) is 0.0191. The number of aryl methyl sites for hydroxylation is 1. The van der Waals surface area contributed by atoms with E-state index in [4.69, 9.17) is 39.5 Å². The minimum atomic E-state index is -4.15. The predicted molar refractivity (Wildman–Crippen MR) is 250 cm³/mol. The molecule has 0 bridgehead atoms. The Balaban J connectivity index is 1.12. The van der Waals surface area contributed by atoms with Gasteiger partial charge >= 0.3 is 5.97 Å². The number of carbonyl (C=O) groups is 3. The number of carbonyl (C=O) groups excluding carboxylic acids is 3. The zero-order valence-corrected chi connectivity index (χ0v) is 39.2. The maximum atomic E-state index is 13.6. The molecule has 4 aromatic carbocycles. The van der Waals surface area contributed by atoms with Crippen LogP contribution in [0.25, 0.3) is 16.3 Å². The highest BCUT2D eigenvalue weighted by atomic mass is 35.5. The van der Waals surface area contributed by atoms with Crippen LogP contribution in [0, 0.1) is 0 Å². The summed E-state index contributed by atoms with van der Waals surface area (Å²) < 4.78 is 66.4. The Bertz CT molecular complexity index is 2780. The highest BCUT2D eigenvalue weighted by Gasteiger charge is 2.31. The van der Waals surface area contributed by atoms with Crippen molar-refractivity contribution < 1.29 is 45.1 Å². The summed E-state index contributed by atoms with van der Waals surface area (Å²) in [7, 11) is -7.93. The van der Waals surface area contributed by atoms with Crippen LogP contribution in [-0.2, 0) is 40.8 Å². The molecule has 1 unspecified atom stereocenters. The van der Waals surface area contributed by atoms with Crippen molar-refractivity contribution in [1.82, 2.24) is 5.32 Å². The van der Waals surface area contributed by atoms with Crippen molar-refractivity contribution in [1.29, 1.82) is 0 Å². The largest absolute Gasteiger partial charge is 0.463 e. The van der Waals surface area contributed by atoms with Gasteiger partial charge in [0, 0.05) is 56.8 Å². The number of halogens is 3. The number of sulfone groups is 1. The Morgan fingerprint density at radius 2 is 1.60 bits per heavy atom. The number of hydrogen-bond acceptors (Lipinski definition) is 12. The molecule has 1 atom stereocenters. The van der Waals surface area contributed by atoms with Crippen LogP contribution in [0.4, 0.5) is 11.4 Å². The molecule has 2 N–H and O–H groups in total. The molecular weight excluding hydrogens is 951 g/mol. The molecule has 5 aromatic rings. The van der Waals surface area contributed by atoms with Crippen LogP contribution in [-0.4, -0.2) is 76.8 Å². The van der Waals surface area contributed by atoms with Gasteiger partial charge in [-0.1, -0.05) is 64.5 Å². The number of nitrogens with zero attached hydrogens (tertiary/aromatic N) is 3. The molecule has 0 fully saturated rings.